The zero-order valence-electron chi connectivity index (χ0n) is 12.7. The zero-order valence-corrected chi connectivity index (χ0v) is 12.7. The Morgan fingerprint density at radius 3 is 2.42 bits per heavy atom. The molecule has 0 heterocycles. The van der Waals surface area contributed by atoms with E-state index in [-0.39, 0.29) is 5.60 Å². The first-order valence-electron chi connectivity index (χ1n) is 8.00. The molecular formula is C17H29NO. The van der Waals surface area contributed by atoms with E-state index in [1.54, 1.807) is 0 Å². The lowest BCUT2D eigenvalue weighted by Gasteiger charge is -2.62. The van der Waals surface area contributed by atoms with Gasteiger partial charge in [0.05, 0.1) is 5.60 Å². The minimum absolute atomic E-state index is 0.323. The molecular weight excluding hydrogens is 234 g/mol. The van der Waals surface area contributed by atoms with Crippen molar-refractivity contribution in [2.45, 2.75) is 70.9 Å². The molecule has 4 saturated carbocycles. The maximum atomic E-state index is 10.8. The van der Waals surface area contributed by atoms with E-state index < -0.39 is 0 Å². The lowest BCUT2D eigenvalue weighted by atomic mass is 9.46. The van der Waals surface area contributed by atoms with Crippen molar-refractivity contribution in [2.24, 2.45) is 17.3 Å². The monoisotopic (exact) mass is 263 g/mol. The third-order valence-electron chi connectivity index (χ3n) is 5.93. The summed E-state index contributed by atoms with van der Waals surface area (Å²) in [5.41, 5.74) is 1.43. The summed E-state index contributed by atoms with van der Waals surface area (Å²) < 4.78 is 0. The molecule has 2 heteroatoms. The molecule has 0 amide bonds. The highest BCUT2D eigenvalue weighted by molar-refractivity contribution is 5.11. The van der Waals surface area contributed by atoms with Crippen LogP contribution < -0.4 is 5.32 Å². The van der Waals surface area contributed by atoms with Crippen LogP contribution >= 0.6 is 0 Å². The second kappa shape index (κ2) is 4.60. The van der Waals surface area contributed by atoms with Gasteiger partial charge in [-0.2, -0.15) is 0 Å². The molecule has 19 heavy (non-hydrogen) atoms. The maximum Gasteiger partial charge on any atom is 0.0659 e. The molecule has 2 nitrogen and oxygen atoms in total. The fraction of sp³-hybridized carbons (Fsp3) is 0.882. The summed E-state index contributed by atoms with van der Waals surface area (Å²) in [6.07, 6.45) is 9.52. The van der Waals surface area contributed by atoms with Gasteiger partial charge in [-0.1, -0.05) is 11.6 Å². The average molecular weight is 263 g/mol. The van der Waals surface area contributed by atoms with Gasteiger partial charge in [-0.25, -0.2) is 0 Å². The van der Waals surface area contributed by atoms with Crippen LogP contribution in [-0.2, 0) is 0 Å². The normalized spacial score (nSPS) is 45.3. The molecule has 3 atom stereocenters. The van der Waals surface area contributed by atoms with E-state index in [4.69, 9.17) is 0 Å². The van der Waals surface area contributed by atoms with Crippen molar-refractivity contribution in [3.05, 3.63) is 11.6 Å². The SMILES string of the molecule is CC(C)=CCNC(C)C12CC3CC(CC(O)(C3)C1)C2. The van der Waals surface area contributed by atoms with Gasteiger partial charge in [0, 0.05) is 12.6 Å². The Labute approximate surface area is 117 Å². The molecule has 0 spiro atoms. The third-order valence-corrected chi connectivity index (χ3v) is 5.93. The number of nitrogens with one attached hydrogen (secondary N) is 1. The standard InChI is InChI=1S/C17H29NO/c1-12(2)4-5-18-13(3)16-7-14-6-15(8-16)10-17(19,9-14)11-16/h4,13-15,18-19H,5-11H2,1-3H3. The van der Waals surface area contributed by atoms with Crippen molar-refractivity contribution in [3.63, 3.8) is 0 Å². The number of hydrogen-bond acceptors (Lipinski definition) is 2. The van der Waals surface area contributed by atoms with E-state index in [0.29, 0.717) is 11.5 Å². The smallest absolute Gasteiger partial charge is 0.0659 e. The molecule has 4 bridgehead atoms. The first kappa shape index (κ1) is 13.6. The summed E-state index contributed by atoms with van der Waals surface area (Å²) in [5.74, 6) is 1.58. The Kier molecular flexibility index (Phi) is 3.30. The molecule has 0 aromatic heterocycles. The summed E-state index contributed by atoms with van der Waals surface area (Å²) in [4.78, 5) is 0. The van der Waals surface area contributed by atoms with Gasteiger partial charge >= 0.3 is 0 Å². The van der Waals surface area contributed by atoms with Gasteiger partial charge in [0.25, 0.3) is 0 Å². The quantitative estimate of drug-likeness (QED) is 0.763. The Hall–Kier alpha value is -0.340. The molecule has 0 aromatic rings. The lowest BCUT2D eigenvalue weighted by molar-refractivity contribution is -0.171. The predicted molar refractivity (Wildman–Crippen MR) is 79.0 cm³/mol. The van der Waals surface area contributed by atoms with E-state index in [0.717, 1.165) is 37.6 Å². The average Bonchev–Trinajstić information content (AvgIpc) is 2.24. The van der Waals surface area contributed by atoms with Gasteiger partial charge < -0.3 is 10.4 Å². The summed E-state index contributed by atoms with van der Waals surface area (Å²) in [7, 11) is 0. The summed E-state index contributed by atoms with van der Waals surface area (Å²) in [5, 5.41) is 14.5. The van der Waals surface area contributed by atoms with Crippen LogP contribution in [0.4, 0.5) is 0 Å². The molecule has 4 aliphatic rings. The number of rotatable bonds is 4. The van der Waals surface area contributed by atoms with Crippen LogP contribution in [0.3, 0.4) is 0 Å². The van der Waals surface area contributed by atoms with Crippen LogP contribution in [0.2, 0.25) is 0 Å². The van der Waals surface area contributed by atoms with Crippen molar-refractivity contribution in [1.82, 2.24) is 5.32 Å². The van der Waals surface area contributed by atoms with E-state index in [2.05, 4.69) is 32.2 Å². The summed E-state index contributed by atoms with van der Waals surface area (Å²) in [6, 6.07) is 0.528. The van der Waals surface area contributed by atoms with Crippen molar-refractivity contribution in [3.8, 4) is 0 Å². The second-order valence-electron chi connectivity index (χ2n) is 7.96. The predicted octanol–water partition coefficient (Wildman–Crippen LogP) is 3.26. The topological polar surface area (TPSA) is 32.3 Å². The highest BCUT2D eigenvalue weighted by Gasteiger charge is 2.58. The summed E-state index contributed by atoms with van der Waals surface area (Å²) in [6.45, 7) is 7.62. The highest BCUT2D eigenvalue weighted by Crippen LogP contribution is 2.62. The van der Waals surface area contributed by atoms with Gasteiger partial charge in [-0.15, -0.1) is 0 Å². The molecule has 4 fully saturated rings. The van der Waals surface area contributed by atoms with Gasteiger partial charge in [0.15, 0.2) is 0 Å². The summed E-state index contributed by atoms with van der Waals surface area (Å²) >= 11 is 0. The fourth-order valence-corrected chi connectivity index (χ4v) is 5.45. The van der Waals surface area contributed by atoms with Gasteiger partial charge in [0.1, 0.15) is 0 Å². The van der Waals surface area contributed by atoms with E-state index in [1.165, 1.54) is 24.8 Å². The van der Waals surface area contributed by atoms with E-state index in [1.807, 2.05) is 0 Å². The fourth-order valence-electron chi connectivity index (χ4n) is 5.45. The Morgan fingerprint density at radius 1 is 1.26 bits per heavy atom. The van der Waals surface area contributed by atoms with Crippen molar-refractivity contribution in [1.29, 1.82) is 0 Å². The molecule has 3 unspecified atom stereocenters. The molecule has 0 aromatic carbocycles. The second-order valence-corrected chi connectivity index (χ2v) is 7.96. The molecule has 2 N–H and O–H groups in total. The van der Waals surface area contributed by atoms with Gasteiger partial charge in [-0.05, 0) is 76.5 Å². The Morgan fingerprint density at radius 2 is 1.89 bits per heavy atom. The third kappa shape index (κ3) is 2.50. The van der Waals surface area contributed by atoms with Crippen LogP contribution in [0, 0.1) is 17.3 Å². The van der Waals surface area contributed by atoms with Gasteiger partial charge in [0.2, 0.25) is 0 Å². The maximum absolute atomic E-state index is 10.8. The number of allylic oxidation sites excluding steroid dienone is 1. The van der Waals surface area contributed by atoms with E-state index >= 15 is 0 Å². The molecule has 0 radical (unpaired) electrons. The molecule has 4 aliphatic carbocycles. The van der Waals surface area contributed by atoms with Crippen LogP contribution in [0.15, 0.2) is 11.6 Å². The Bertz CT molecular complexity index is 369. The van der Waals surface area contributed by atoms with Gasteiger partial charge in [-0.3, -0.25) is 0 Å². The van der Waals surface area contributed by atoms with Crippen molar-refractivity contribution < 1.29 is 5.11 Å². The van der Waals surface area contributed by atoms with Crippen LogP contribution in [-0.4, -0.2) is 23.3 Å². The molecule has 0 saturated heterocycles. The van der Waals surface area contributed by atoms with Crippen LogP contribution in [0.5, 0.6) is 0 Å². The van der Waals surface area contributed by atoms with Crippen molar-refractivity contribution in [2.75, 3.05) is 6.54 Å². The van der Waals surface area contributed by atoms with Crippen LogP contribution in [0.1, 0.15) is 59.3 Å². The lowest BCUT2D eigenvalue weighted by Crippen LogP contribution is -2.61. The minimum Gasteiger partial charge on any atom is -0.390 e. The molecule has 4 rings (SSSR count). The minimum atomic E-state index is -0.323. The van der Waals surface area contributed by atoms with E-state index in [9.17, 15) is 5.11 Å². The van der Waals surface area contributed by atoms with Crippen molar-refractivity contribution >= 4 is 0 Å². The number of aliphatic hydroxyl groups is 1. The highest BCUT2D eigenvalue weighted by atomic mass is 16.3. The Balaban J connectivity index is 1.71. The molecule has 0 aliphatic heterocycles. The largest absolute Gasteiger partial charge is 0.390 e. The first-order chi connectivity index (χ1) is 8.91. The first-order valence-corrected chi connectivity index (χ1v) is 8.00. The number of hydrogen-bond donors (Lipinski definition) is 2. The molecule has 108 valence electrons. The zero-order chi connectivity index (χ0) is 13.7. The van der Waals surface area contributed by atoms with Crippen LogP contribution in [0.25, 0.3) is 0 Å².